The number of aromatic nitrogens is 2. The van der Waals surface area contributed by atoms with Crippen molar-refractivity contribution in [2.24, 2.45) is 0 Å². The first-order valence-electron chi connectivity index (χ1n) is 7.79. The molecule has 0 bridgehead atoms. The van der Waals surface area contributed by atoms with E-state index in [0.29, 0.717) is 25.2 Å². The second-order valence-electron chi connectivity index (χ2n) is 5.96. The van der Waals surface area contributed by atoms with Gasteiger partial charge in [-0.2, -0.15) is 4.98 Å². The fourth-order valence-electron chi connectivity index (χ4n) is 2.42. The molecule has 1 N–H and O–H groups in total. The molecule has 0 aliphatic carbocycles. The minimum Gasteiger partial charge on any atom is -0.376 e. The molecule has 1 fully saturated rings. The van der Waals surface area contributed by atoms with E-state index in [2.05, 4.69) is 15.5 Å². The van der Waals surface area contributed by atoms with Gasteiger partial charge in [0.15, 0.2) is 5.82 Å². The van der Waals surface area contributed by atoms with Crippen molar-refractivity contribution >= 4 is 5.91 Å². The van der Waals surface area contributed by atoms with Gasteiger partial charge in [0.2, 0.25) is 11.8 Å². The minimum atomic E-state index is 0.0570. The molecule has 1 aliphatic heterocycles. The first kappa shape index (κ1) is 15.9. The molecule has 1 aromatic rings. The van der Waals surface area contributed by atoms with Crippen molar-refractivity contribution < 1.29 is 14.1 Å². The van der Waals surface area contributed by atoms with Crippen LogP contribution >= 0.6 is 0 Å². The quantitative estimate of drug-likeness (QED) is 0.834. The largest absolute Gasteiger partial charge is 0.376 e. The van der Waals surface area contributed by atoms with Gasteiger partial charge in [-0.15, -0.1) is 0 Å². The van der Waals surface area contributed by atoms with E-state index in [1.54, 1.807) is 0 Å². The van der Waals surface area contributed by atoms with Crippen LogP contribution < -0.4 is 5.32 Å². The van der Waals surface area contributed by atoms with E-state index in [9.17, 15) is 4.79 Å². The van der Waals surface area contributed by atoms with Crippen LogP contribution in [0, 0.1) is 0 Å². The third kappa shape index (κ3) is 4.81. The van der Waals surface area contributed by atoms with Crippen LogP contribution in [0.1, 0.15) is 64.1 Å². The number of hydrogen-bond acceptors (Lipinski definition) is 5. The second kappa shape index (κ2) is 7.54. The fraction of sp³-hybridized carbons (Fsp3) is 0.800. The van der Waals surface area contributed by atoms with Crippen LogP contribution in [0.4, 0.5) is 0 Å². The summed E-state index contributed by atoms with van der Waals surface area (Å²) in [5, 5.41) is 6.91. The average molecular weight is 295 g/mol. The van der Waals surface area contributed by atoms with Gasteiger partial charge in [-0.25, -0.2) is 0 Å². The number of ether oxygens (including phenoxy) is 1. The highest BCUT2D eigenvalue weighted by Crippen LogP contribution is 2.15. The number of amides is 1. The molecule has 6 heteroatoms. The molecule has 0 saturated carbocycles. The number of rotatable bonds is 7. The molecule has 0 spiro atoms. The van der Waals surface area contributed by atoms with Crippen molar-refractivity contribution in [1.82, 2.24) is 15.5 Å². The molecule has 1 saturated heterocycles. The minimum absolute atomic E-state index is 0.0570. The van der Waals surface area contributed by atoms with E-state index >= 15 is 0 Å². The number of nitrogens with zero attached hydrogens (tertiary/aromatic N) is 2. The Morgan fingerprint density at radius 2 is 2.24 bits per heavy atom. The van der Waals surface area contributed by atoms with Crippen molar-refractivity contribution in [3.05, 3.63) is 11.7 Å². The Morgan fingerprint density at radius 3 is 2.86 bits per heavy atom. The van der Waals surface area contributed by atoms with Crippen LogP contribution in [0.5, 0.6) is 0 Å². The molecular formula is C15H25N3O3. The topological polar surface area (TPSA) is 77.2 Å². The zero-order valence-corrected chi connectivity index (χ0v) is 13.1. The van der Waals surface area contributed by atoms with Gasteiger partial charge >= 0.3 is 0 Å². The summed E-state index contributed by atoms with van der Waals surface area (Å²) in [6.07, 6.45) is 4.10. The van der Waals surface area contributed by atoms with Crippen LogP contribution in [-0.2, 0) is 16.0 Å². The highest BCUT2D eigenvalue weighted by Gasteiger charge is 2.23. The van der Waals surface area contributed by atoms with Crippen LogP contribution in [0.15, 0.2) is 4.52 Å². The van der Waals surface area contributed by atoms with E-state index in [-0.39, 0.29) is 24.0 Å². The Kier molecular flexibility index (Phi) is 5.73. The molecule has 2 heterocycles. The van der Waals surface area contributed by atoms with Gasteiger partial charge in [0.1, 0.15) is 0 Å². The predicted molar refractivity (Wildman–Crippen MR) is 77.9 cm³/mol. The Labute approximate surface area is 125 Å². The summed E-state index contributed by atoms with van der Waals surface area (Å²) in [4.78, 5) is 16.2. The molecule has 1 amide bonds. The second-order valence-corrected chi connectivity index (χ2v) is 5.96. The zero-order valence-electron chi connectivity index (χ0n) is 13.1. The van der Waals surface area contributed by atoms with Crippen molar-refractivity contribution in [2.75, 3.05) is 6.61 Å². The van der Waals surface area contributed by atoms with Gasteiger partial charge in [0.25, 0.3) is 0 Å². The molecule has 2 atom stereocenters. The first-order valence-corrected chi connectivity index (χ1v) is 7.79. The van der Waals surface area contributed by atoms with E-state index in [4.69, 9.17) is 9.26 Å². The molecule has 0 radical (unpaired) electrons. The Hall–Kier alpha value is -1.43. The van der Waals surface area contributed by atoms with Crippen LogP contribution in [0.2, 0.25) is 0 Å². The molecular weight excluding hydrogens is 270 g/mol. The summed E-state index contributed by atoms with van der Waals surface area (Å²) in [5.41, 5.74) is 0. The van der Waals surface area contributed by atoms with Crippen molar-refractivity contribution in [3.63, 3.8) is 0 Å². The van der Waals surface area contributed by atoms with Gasteiger partial charge < -0.3 is 14.6 Å². The Morgan fingerprint density at radius 1 is 1.43 bits per heavy atom. The van der Waals surface area contributed by atoms with Gasteiger partial charge in [0.05, 0.1) is 12.1 Å². The predicted octanol–water partition coefficient (Wildman–Crippen LogP) is 2.20. The third-order valence-corrected chi connectivity index (χ3v) is 3.71. The van der Waals surface area contributed by atoms with Crippen LogP contribution in [0.3, 0.4) is 0 Å². The maximum absolute atomic E-state index is 11.9. The lowest BCUT2D eigenvalue weighted by atomic mass is 10.1. The summed E-state index contributed by atoms with van der Waals surface area (Å²) in [6.45, 7) is 6.85. The van der Waals surface area contributed by atoms with Gasteiger partial charge in [-0.05, 0) is 26.2 Å². The number of nitrogens with one attached hydrogen (secondary N) is 1. The van der Waals surface area contributed by atoms with Gasteiger partial charge in [-0.1, -0.05) is 19.0 Å². The summed E-state index contributed by atoms with van der Waals surface area (Å²) in [6, 6.07) is 0.0796. The summed E-state index contributed by atoms with van der Waals surface area (Å²) < 4.78 is 10.7. The highest BCUT2D eigenvalue weighted by molar-refractivity contribution is 5.76. The first-order chi connectivity index (χ1) is 10.1. The molecule has 118 valence electrons. The normalized spacial score (nSPS) is 19.9. The monoisotopic (exact) mass is 295 g/mol. The van der Waals surface area contributed by atoms with E-state index in [1.807, 2.05) is 20.8 Å². The smallest absolute Gasteiger partial charge is 0.226 e. The fourth-order valence-corrected chi connectivity index (χ4v) is 2.42. The van der Waals surface area contributed by atoms with Gasteiger partial charge in [-0.3, -0.25) is 4.79 Å². The van der Waals surface area contributed by atoms with E-state index < -0.39 is 0 Å². The molecule has 1 aromatic heterocycles. The lowest BCUT2D eigenvalue weighted by Gasteiger charge is -2.19. The van der Waals surface area contributed by atoms with Crippen LogP contribution in [-0.4, -0.2) is 34.8 Å². The Bertz CT molecular complexity index is 453. The number of carbonyl (C=O) groups excluding carboxylic acids is 1. The van der Waals surface area contributed by atoms with Gasteiger partial charge in [0, 0.05) is 25.4 Å². The molecule has 1 aliphatic rings. The average Bonchev–Trinajstić information content (AvgIpc) is 3.10. The highest BCUT2D eigenvalue weighted by atomic mass is 16.5. The molecule has 0 aromatic carbocycles. The zero-order chi connectivity index (χ0) is 15.2. The van der Waals surface area contributed by atoms with E-state index in [1.165, 1.54) is 0 Å². The summed E-state index contributed by atoms with van der Waals surface area (Å²) in [7, 11) is 0. The summed E-state index contributed by atoms with van der Waals surface area (Å²) >= 11 is 0. The molecule has 2 rings (SSSR count). The lowest BCUT2D eigenvalue weighted by Crippen LogP contribution is -2.40. The molecule has 6 nitrogen and oxygen atoms in total. The van der Waals surface area contributed by atoms with E-state index in [0.717, 1.165) is 25.3 Å². The number of carbonyl (C=O) groups is 1. The molecule has 21 heavy (non-hydrogen) atoms. The van der Waals surface area contributed by atoms with Crippen molar-refractivity contribution in [3.8, 4) is 0 Å². The summed E-state index contributed by atoms with van der Waals surface area (Å²) in [5.74, 6) is 1.65. The maximum atomic E-state index is 11.9. The Balaban J connectivity index is 1.66. The maximum Gasteiger partial charge on any atom is 0.226 e. The van der Waals surface area contributed by atoms with Crippen LogP contribution in [0.25, 0.3) is 0 Å². The number of hydrogen-bond donors (Lipinski definition) is 1. The van der Waals surface area contributed by atoms with Crippen molar-refractivity contribution in [1.29, 1.82) is 0 Å². The molecule has 2 unspecified atom stereocenters. The number of aryl methyl sites for hydroxylation is 1. The lowest BCUT2D eigenvalue weighted by molar-refractivity contribution is -0.122. The SMILES string of the molecule is CC(C)c1noc(CCCC(=O)NC(C)C2CCCO2)n1. The standard InChI is InChI=1S/C15H25N3O3/c1-10(2)15-17-14(21-18-15)8-4-7-13(19)16-11(3)12-6-5-9-20-12/h10-12H,4-9H2,1-3H3,(H,16,19). The van der Waals surface area contributed by atoms with Crippen molar-refractivity contribution in [2.45, 2.75) is 70.9 Å². The third-order valence-electron chi connectivity index (χ3n) is 3.71.